The predicted octanol–water partition coefficient (Wildman–Crippen LogP) is -0.630. The van der Waals surface area contributed by atoms with Gasteiger partial charge >= 0.3 is 27.2 Å². The second-order valence-corrected chi connectivity index (χ2v) is 5.21. The molecule has 0 aliphatic heterocycles. The van der Waals surface area contributed by atoms with Crippen LogP contribution in [0, 0.1) is 3.57 Å². The Morgan fingerprint density at radius 3 is 2.50 bits per heavy atom. The zero-order valence-corrected chi connectivity index (χ0v) is 10.3. The zero-order chi connectivity index (χ0) is 10.4. The van der Waals surface area contributed by atoms with Gasteiger partial charge in [0.05, 0.1) is 0 Å². The molecule has 0 amide bonds. The Labute approximate surface area is 94.2 Å². The van der Waals surface area contributed by atoms with Gasteiger partial charge in [-0.15, -0.1) is 0 Å². The molecule has 0 heterocycles. The minimum Gasteiger partial charge on any atom is -0.427 e. The number of carbonyl (C=O) groups is 1. The third kappa shape index (κ3) is 4.41. The van der Waals surface area contributed by atoms with Crippen molar-refractivity contribution in [1.29, 1.82) is 0 Å². The van der Waals surface area contributed by atoms with E-state index in [2.05, 4.69) is 12.1 Å². The third-order valence-electron chi connectivity index (χ3n) is 1.37. The average Bonchev–Trinajstić information content (AvgIpc) is 2.15. The highest BCUT2D eigenvalue weighted by molar-refractivity contribution is 5.67. The van der Waals surface area contributed by atoms with E-state index in [9.17, 15) is 4.79 Å². The first-order valence-electron chi connectivity index (χ1n) is 4.22. The first kappa shape index (κ1) is 11.2. The van der Waals surface area contributed by atoms with E-state index in [1.165, 1.54) is 10.5 Å². The Kier molecular flexibility index (Phi) is 4.65. The van der Waals surface area contributed by atoms with E-state index in [4.69, 9.17) is 4.74 Å². The van der Waals surface area contributed by atoms with E-state index in [1.54, 1.807) is 0 Å². The van der Waals surface area contributed by atoms with Crippen molar-refractivity contribution in [1.82, 2.24) is 0 Å². The summed E-state index contributed by atoms with van der Waals surface area (Å²) in [5.74, 6) is 0.449. The molecule has 0 N–H and O–H groups in total. The molecule has 0 bridgehead atoms. The van der Waals surface area contributed by atoms with E-state index in [-0.39, 0.29) is 27.2 Å². The van der Waals surface area contributed by atoms with Gasteiger partial charge in [-0.05, 0) is 19.1 Å². The zero-order valence-electron chi connectivity index (χ0n) is 8.16. The standard InChI is InChI=1S/C11H12IO2/c1-9(14-10(2)13)8-12-11-6-4-3-5-7-11/h3-8H,1-2H3/q+1/b9-8+. The predicted molar refractivity (Wildman–Crippen MR) is 50.7 cm³/mol. The Bertz CT molecular complexity index is 330. The second kappa shape index (κ2) is 5.80. The van der Waals surface area contributed by atoms with Gasteiger partial charge in [0.1, 0.15) is 0 Å². The number of allylic oxidation sites excluding steroid dienone is 1. The van der Waals surface area contributed by atoms with Crippen molar-refractivity contribution < 1.29 is 30.7 Å². The number of esters is 1. The summed E-state index contributed by atoms with van der Waals surface area (Å²) < 4.78 is 8.25. The minimum absolute atomic E-state index is 0.185. The topological polar surface area (TPSA) is 26.3 Å². The number of rotatable bonds is 3. The van der Waals surface area contributed by atoms with Crippen LogP contribution in [0.4, 0.5) is 0 Å². The summed E-state index contributed by atoms with van der Waals surface area (Å²) in [7, 11) is 0. The number of ether oxygens (including phenoxy) is 1. The summed E-state index contributed by atoms with van der Waals surface area (Å²) >= 11 is -0.185. The lowest BCUT2D eigenvalue weighted by atomic mass is 10.4. The highest BCUT2D eigenvalue weighted by atomic mass is 127. The van der Waals surface area contributed by atoms with Gasteiger partial charge in [-0.3, -0.25) is 4.79 Å². The quantitative estimate of drug-likeness (QED) is 0.422. The van der Waals surface area contributed by atoms with Gasteiger partial charge in [-0.2, -0.15) is 0 Å². The van der Waals surface area contributed by atoms with Crippen molar-refractivity contribution in [2.24, 2.45) is 0 Å². The van der Waals surface area contributed by atoms with Crippen LogP contribution in [-0.2, 0) is 9.53 Å². The van der Waals surface area contributed by atoms with Crippen LogP contribution >= 0.6 is 0 Å². The molecule has 0 aliphatic carbocycles. The van der Waals surface area contributed by atoms with E-state index in [1.807, 2.05) is 29.2 Å². The number of carbonyl (C=O) groups excluding carboxylic acids is 1. The summed E-state index contributed by atoms with van der Waals surface area (Å²) in [6.07, 6.45) is 0. The molecule has 0 fully saturated rings. The molecule has 0 unspecified atom stereocenters. The fourth-order valence-electron chi connectivity index (χ4n) is 0.876. The van der Waals surface area contributed by atoms with E-state index in [0.29, 0.717) is 5.76 Å². The van der Waals surface area contributed by atoms with Crippen molar-refractivity contribution in [3.8, 4) is 0 Å². The van der Waals surface area contributed by atoms with Gasteiger partial charge in [-0.25, -0.2) is 0 Å². The molecular weight excluding hydrogens is 291 g/mol. The molecule has 0 aliphatic rings. The first-order valence-corrected chi connectivity index (χ1v) is 6.54. The molecule has 0 aromatic heterocycles. The smallest absolute Gasteiger partial charge is 0.353 e. The summed E-state index contributed by atoms with van der Waals surface area (Å²) in [5.41, 5.74) is 0. The van der Waals surface area contributed by atoms with Crippen molar-refractivity contribution in [3.63, 3.8) is 0 Å². The van der Waals surface area contributed by atoms with Gasteiger partial charge in [0.25, 0.3) is 0 Å². The Morgan fingerprint density at radius 2 is 1.93 bits per heavy atom. The second-order valence-electron chi connectivity index (χ2n) is 2.72. The van der Waals surface area contributed by atoms with E-state index in [0.717, 1.165) is 0 Å². The lowest BCUT2D eigenvalue weighted by Crippen LogP contribution is -3.59. The van der Waals surface area contributed by atoms with Crippen LogP contribution in [0.3, 0.4) is 0 Å². The maximum absolute atomic E-state index is 10.6. The lowest BCUT2D eigenvalue weighted by Gasteiger charge is -1.94. The third-order valence-corrected chi connectivity index (χ3v) is 4.00. The van der Waals surface area contributed by atoms with Crippen molar-refractivity contribution in [3.05, 3.63) is 43.7 Å². The van der Waals surface area contributed by atoms with Crippen LogP contribution in [0.5, 0.6) is 0 Å². The first-order chi connectivity index (χ1) is 6.68. The van der Waals surface area contributed by atoms with Crippen LogP contribution in [-0.4, -0.2) is 5.97 Å². The molecule has 2 nitrogen and oxygen atoms in total. The largest absolute Gasteiger partial charge is 0.427 e. The maximum Gasteiger partial charge on any atom is 0.353 e. The Hall–Kier alpha value is -0.840. The maximum atomic E-state index is 10.6. The van der Waals surface area contributed by atoms with Crippen LogP contribution in [0.25, 0.3) is 0 Å². The molecular formula is C11H12IO2+. The minimum atomic E-state index is -0.254. The highest BCUT2D eigenvalue weighted by Crippen LogP contribution is 1.90. The molecule has 0 atom stereocenters. The summed E-state index contributed by atoms with van der Waals surface area (Å²) in [6.45, 7) is 3.22. The molecule has 1 aromatic carbocycles. The number of halogens is 1. The molecule has 14 heavy (non-hydrogen) atoms. The summed E-state index contributed by atoms with van der Waals surface area (Å²) in [4.78, 5) is 10.6. The highest BCUT2D eigenvalue weighted by Gasteiger charge is 2.08. The number of benzene rings is 1. The van der Waals surface area contributed by atoms with Gasteiger partial charge < -0.3 is 4.74 Å². The molecule has 0 saturated heterocycles. The molecule has 0 saturated carbocycles. The van der Waals surface area contributed by atoms with Crippen LogP contribution in [0.2, 0.25) is 0 Å². The Balaban J connectivity index is 2.51. The van der Waals surface area contributed by atoms with Gasteiger partial charge in [-0.1, -0.05) is 18.2 Å². The van der Waals surface area contributed by atoms with Crippen LogP contribution in [0.15, 0.2) is 40.2 Å². The van der Waals surface area contributed by atoms with Crippen molar-refractivity contribution in [2.75, 3.05) is 0 Å². The average molecular weight is 303 g/mol. The van der Waals surface area contributed by atoms with Crippen molar-refractivity contribution in [2.45, 2.75) is 13.8 Å². The summed E-state index contributed by atoms with van der Waals surface area (Å²) in [5, 5.41) is 0. The molecule has 1 aromatic rings. The molecule has 1 rings (SSSR count). The van der Waals surface area contributed by atoms with Crippen LogP contribution < -0.4 is 21.2 Å². The molecule has 74 valence electrons. The van der Waals surface area contributed by atoms with Gasteiger partial charge in [0, 0.05) is 6.92 Å². The number of hydrogen-bond acceptors (Lipinski definition) is 2. The number of hydrogen-bond donors (Lipinski definition) is 0. The normalized spacial score (nSPS) is 11.1. The summed E-state index contributed by atoms with van der Waals surface area (Å²) in [6, 6.07) is 10.2. The van der Waals surface area contributed by atoms with Gasteiger partial charge in [0.15, 0.2) is 13.4 Å². The monoisotopic (exact) mass is 303 g/mol. The molecule has 0 radical (unpaired) electrons. The van der Waals surface area contributed by atoms with Gasteiger partial charge in [0.2, 0.25) is 0 Å². The van der Waals surface area contributed by atoms with Crippen molar-refractivity contribution >= 4 is 5.97 Å². The fourth-order valence-corrected chi connectivity index (χ4v) is 2.63. The SMILES string of the molecule is CC(=O)O/C(C)=C/[I+]c1ccccc1. The fraction of sp³-hybridized carbons (Fsp3) is 0.182. The lowest BCUT2D eigenvalue weighted by molar-refractivity contribution is -0.558. The van der Waals surface area contributed by atoms with E-state index < -0.39 is 0 Å². The molecule has 0 spiro atoms. The van der Waals surface area contributed by atoms with E-state index >= 15 is 0 Å². The molecule has 3 heteroatoms. The Morgan fingerprint density at radius 1 is 1.29 bits per heavy atom. The van der Waals surface area contributed by atoms with Crippen LogP contribution in [0.1, 0.15) is 13.8 Å².